The number of hydrogen-bond donors (Lipinski definition) is 0. The Labute approximate surface area is 186 Å². The number of fused-ring (bicyclic) bond motifs is 7. The number of hydrogen-bond acceptors (Lipinski definition) is 2. The predicted octanol–water partition coefficient (Wildman–Crippen LogP) is 5.01. The molecule has 4 aromatic carbocycles. The van der Waals surface area contributed by atoms with Gasteiger partial charge in [0.15, 0.2) is 0 Å². The molecule has 0 bridgehead atoms. The summed E-state index contributed by atoms with van der Waals surface area (Å²) < 4.78 is 13.9. The molecule has 3 heterocycles. The van der Waals surface area contributed by atoms with Gasteiger partial charge in [-0.3, -0.25) is 0 Å². The third-order valence-electron chi connectivity index (χ3n) is 6.56. The van der Waals surface area contributed by atoms with Gasteiger partial charge < -0.3 is 0 Å². The van der Waals surface area contributed by atoms with Crippen LogP contribution in [0, 0.1) is 0 Å². The van der Waals surface area contributed by atoms with E-state index in [9.17, 15) is 0 Å². The third-order valence-corrected chi connectivity index (χ3v) is 18.4. The van der Waals surface area contributed by atoms with Crippen molar-refractivity contribution < 1.29 is 4.42 Å². The van der Waals surface area contributed by atoms with E-state index in [1.165, 1.54) is 37.9 Å². The van der Waals surface area contributed by atoms with Crippen LogP contribution in [0.2, 0.25) is 0 Å². The van der Waals surface area contributed by atoms with Crippen molar-refractivity contribution in [2.45, 2.75) is 0 Å². The number of rotatable bonds is 2. The van der Waals surface area contributed by atoms with Gasteiger partial charge in [0.25, 0.3) is 0 Å². The van der Waals surface area contributed by atoms with Gasteiger partial charge in [-0.1, -0.05) is 0 Å². The molecule has 6 aromatic rings. The first kappa shape index (κ1) is 17.6. The molecule has 0 fully saturated rings. The van der Waals surface area contributed by atoms with Crippen LogP contribution in [0.15, 0.2) is 114 Å². The molecule has 0 radical (unpaired) electrons. The van der Waals surface area contributed by atoms with Crippen molar-refractivity contribution >= 4 is 63.2 Å². The summed E-state index contributed by atoms with van der Waals surface area (Å²) in [6, 6.07) is 39.9. The Bertz CT molecular complexity index is 1460. The molecule has 7 rings (SSSR count). The van der Waals surface area contributed by atoms with Crippen LogP contribution in [0.1, 0.15) is 0 Å². The number of benzene rings is 4. The Morgan fingerprint density at radius 2 is 1.13 bits per heavy atom. The van der Waals surface area contributed by atoms with Gasteiger partial charge in [0.2, 0.25) is 0 Å². The molecule has 0 unspecified atom stereocenters. The van der Waals surface area contributed by atoms with E-state index in [-0.39, 0.29) is 0 Å². The summed E-state index contributed by atoms with van der Waals surface area (Å²) in [5.41, 5.74) is 0.998. The molecule has 0 amide bonds. The zero-order valence-electron chi connectivity index (χ0n) is 16.7. The van der Waals surface area contributed by atoms with Crippen LogP contribution in [0.5, 0.6) is 0 Å². The van der Waals surface area contributed by atoms with Crippen molar-refractivity contribution in [3.8, 4) is 10.6 Å². The van der Waals surface area contributed by atoms with Crippen LogP contribution in [-0.2, 0) is 0 Å². The molecule has 0 N–H and O–H groups in total. The Kier molecular flexibility index (Phi) is 3.66. The molecule has 31 heavy (non-hydrogen) atoms. The van der Waals surface area contributed by atoms with Crippen LogP contribution >= 0.6 is 11.3 Å². The second-order valence-electron chi connectivity index (χ2n) is 8.09. The Hall–Kier alpha value is -3.08. The average molecular weight is 475 g/mol. The van der Waals surface area contributed by atoms with Crippen LogP contribution in [-0.4, -0.2) is 13.3 Å². The molecule has 1 nitrogen and oxygen atoms in total. The van der Waals surface area contributed by atoms with E-state index < -0.39 is 13.3 Å². The van der Waals surface area contributed by atoms with Crippen molar-refractivity contribution in [3.05, 3.63) is 109 Å². The maximum atomic E-state index is 6.62. The topological polar surface area (TPSA) is 13.1 Å². The summed E-state index contributed by atoms with van der Waals surface area (Å²) in [6.45, 7) is 0. The van der Waals surface area contributed by atoms with Crippen molar-refractivity contribution in [3.63, 3.8) is 0 Å². The summed E-state index contributed by atoms with van der Waals surface area (Å²) in [4.78, 5) is 1.33. The first-order chi connectivity index (χ1) is 15.4. The van der Waals surface area contributed by atoms with Crippen LogP contribution in [0.4, 0.5) is 0 Å². The summed E-state index contributed by atoms with van der Waals surface area (Å²) in [5.74, 6) is 1.10. The van der Waals surface area contributed by atoms with Gasteiger partial charge in [-0.05, 0) is 0 Å². The van der Waals surface area contributed by atoms with Crippen molar-refractivity contribution in [2.24, 2.45) is 0 Å². The van der Waals surface area contributed by atoms with Gasteiger partial charge >= 0.3 is 187 Å². The van der Waals surface area contributed by atoms with Crippen LogP contribution < -0.4 is 17.6 Å². The van der Waals surface area contributed by atoms with Crippen LogP contribution in [0.3, 0.4) is 0 Å². The van der Waals surface area contributed by atoms with E-state index in [1.807, 2.05) is 11.3 Å². The van der Waals surface area contributed by atoms with Gasteiger partial charge in [0.1, 0.15) is 0 Å². The summed E-state index contributed by atoms with van der Waals surface area (Å²) >= 11 is -1.39. The fraction of sp³-hybridized carbons (Fsp3) is 0. The van der Waals surface area contributed by atoms with Crippen LogP contribution in [0.25, 0.3) is 31.7 Å². The Morgan fingerprint density at radius 1 is 0.548 bits per heavy atom. The van der Waals surface area contributed by atoms with Crippen molar-refractivity contribution in [1.29, 1.82) is 0 Å². The van der Waals surface area contributed by atoms with Gasteiger partial charge in [-0.25, -0.2) is 0 Å². The second kappa shape index (κ2) is 6.46. The molecule has 146 valence electrons. The normalized spacial score (nSPS) is 14.1. The number of para-hydroxylation sites is 1. The molecule has 1 aliphatic rings. The monoisotopic (exact) mass is 476 g/mol. The fourth-order valence-electron chi connectivity index (χ4n) is 5.40. The standard InChI is InChI=1S/C28H18GeOS/c1-3-11-19(12-4-1)29(20-13-5-2-6-14-20)25-21-15-7-9-17-23(21)30-27(25)28-26(29)22-16-8-10-18-24(22)31-28/h1-18H. The average Bonchev–Trinajstić information content (AvgIpc) is 3.48. The summed E-state index contributed by atoms with van der Waals surface area (Å²) in [6.07, 6.45) is 0. The molecular formula is C28H18GeOS. The van der Waals surface area contributed by atoms with Crippen molar-refractivity contribution in [2.75, 3.05) is 0 Å². The number of thiophene rings is 1. The maximum absolute atomic E-state index is 6.62. The van der Waals surface area contributed by atoms with Gasteiger partial charge in [0.05, 0.1) is 0 Å². The molecule has 1 aliphatic heterocycles. The molecule has 0 saturated carbocycles. The zero-order valence-corrected chi connectivity index (χ0v) is 19.6. The molecule has 0 spiro atoms. The molecular weight excluding hydrogens is 457 g/mol. The van der Waals surface area contributed by atoms with Gasteiger partial charge in [-0.2, -0.15) is 0 Å². The Morgan fingerprint density at radius 3 is 1.84 bits per heavy atom. The second-order valence-corrected chi connectivity index (χ2v) is 16.8. The zero-order chi connectivity index (χ0) is 20.4. The fourth-order valence-corrected chi connectivity index (χ4v) is 19.2. The van der Waals surface area contributed by atoms with E-state index in [2.05, 4.69) is 109 Å². The first-order valence-corrected chi connectivity index (χ1v) is 15.6. The summed E-state index contributed by atoms with van der Waals surface area (Å²) in [5, 5.41) is 2.67. The summed E-state index contributed by atoms with van der Waals surface area (Å²) in [7, 11) is 0. The molecule has 0 saturated heterocycles. The Balaban J connectivity index is 1.77. The van der Waals surface area contributed by atoms with Crippen molar-refractivity contribution in [1.82, 2.24) is 0 Å². The quantitative estimate of drug-likeness (QED) is 0.321. The minimum absolute atomic E-state index is 0.998. The number of furan rings is 1. The van der Waals surface area contributed by atoms with E-state index in [4.69, 9.17) is 4.42 Å². The van der Waals surface area contributed by atoms with Gasteiger partial charge in [-0.15, -0.1) is 0 Å². The van der Waals surface area contributed by atoms with E-state index in [0.717, 1.165) is 11.3 Å². The molecule has 0 atom stereocenters. The van der Waals surface area contributed by atoms with E-state index in [0.29, 0.717) is 0 Å². The predicted molar refractivity (Wildman–Crippen MR) is 134 cm³/mol. The molecule has 3 heteroatoms. The van der Waals surface area contributed by atoms with E-state index >= 15 is 0 Å². The minimum atomic E-state index is -3.27. The molecule has 2 aromatic heterocycles. The van der Waals surface area contributed by atoms with E-state index in [1.54, 1.807) is 0 Å². The third kappa shape index (κ3) is 2.21. The SMILES string of the molecule is c1cc[c]([Ge]2([c]3ccccc3)[c]3c(oc4ccccc34)-c3sc4ccccc4[c]32)cc1. The molecule has 0 aliphatic carbocycles. The van der Waals surface area contributed by atoms with Gasteiger partial charge in [0, 0.05) is 0 Å². The first-order valence-electron chi connectivity index (χ1n) is 10.5.